The molecular formula is C25H27ClFN5O2. The number of hydrogen-bond donors (Lipinski definition) is 1. The van der Waals surface area contributed by atoms with Gasteiger partial charge in [0.25, 0.3) is 5.91 Å². The van der Waals surface area contributed by atoms with Gasteiger partial charge < -0.3 is 10.2 Å². The summed E-state index contributed by atoms with van der Waals surface area (Å²) in [7, 11) is 0. The van der Waals surface area contributed by atoms with Gasteiger partial charge in [0.05, 0.1) is 24.3 Å². The number of rotatable bonds is 6. The van der Waals surface area contributed by atoms with Gasteiger partial charge in [-0.2, -0.15) is 5.10 Å². The largest absolute Gasteiger partial charge is 0.336 e. The Morgan fingerprint density at radius 2 is 1.71 bits per heavy atom. The second-order valence-corrected chi connectivity index (χ2v) is 8.83. The summed E-state index contributed by atoms with van der Waals surface area (Å²) < 4.78 is 14.8. The fourth-order valence-corrected chi connectivity index (χ4v) is 4.35. The first-order valence-electron chi connectivity index (χ1n) is 11.2. The van der Waals surface area contributed by atoms with Crippen LogP contribution < -0.4 is 5.32 Å². The van der Waals surface area contributed by atoms with Crippen molar-refractivity contribution in [3.05, 3.63) is 81.9 Å². The lowest BCUT2D eigenvalue weighted by Gasteiger charge is -2.34. The van der Waals surface area contributed by atoms with E-state index in [0.29, 0.717) is 54.7 Å². The summed E-state index contributed by atoms with van der Waals surface area (Å²) in [5, 5.41) is 8.02. The topological polar surface area (TPSA) is 70.5 Å². The third kappa shape index (κ3) is 5.46. The van der Waals surface area contributed by atoms with Crippen molar-refractivity contribution < 1.29 is 14.0 Å². The number of aromatic nitrogens is 2. The molecule has 0 radical (unpaired) electrons. The molecule has 1 aliphatic rings. The van der Waals surface area contributed by atoms with Crippen molar-refractivity contribution in [2.75, 3.05) is 38.0 Å². The minimum Gasteiger partial charge on any atom is -0.336 e. The van der Waals surface area contributed by atoms with Gasteiger partial charge >= 0.3 is 0 Å². The summed E-state index contributed by atoms with van der Waals surface area (Å²) in [5.74, 6) is -0.562. The van der Waals surface area contributed by atoms with Crippen molar-refractivity contribution in [2.45, 2.75) is 20.4 Å². The second-order valence-electron chi connectivity index (χ2n) is 8.42. The van der Waals surface area contributed by atoms with E-state index in [9.17, 15) is 14.0 Å². The molecule has 178 valence electrons. The number of amides is 2. The molecule has 0 atom stereocenters. The van der Waals surface area contributed by atoms with Gasteiger partial charge in [-0.3, -0.25) is 19.2 Å². The van der Waals surface area contributed by atoms with Gasteiger partial charge in [-0.1, -0.05) is 29.8 Å². The van der Waals surface area contributed by atoms with Gasteiger partial charge in [0, 0.05) is 42.6 Å². The summed E-state index contributed by atoms with van der Waals surface area (Å²) in [4.78, 5) is 29.4. The second kappa shape index (κ2) is 10.4. The third-order valence-corrected chi connectivity index (χ3v) is 6.40. The summed E-state index contributed by atoms with van der Waals surface area (Å²) in [6.45, 7) is 6.70. The van der Waals surface area contributed by atoms with E-state index in [1.54, 1.807) is 0 Å². The number of anilines is 1. The first kappa shape index (κ1) is 23.9. The number of nitrogens with one attached hydrogen (secondary N) is 1. The molecule has 1 aliphatic heterocycles. The first-order chi connectivity index (χ1) is 16.3. The quantitative estimate of drug-likeness (QED) is 0.580. The van der Waals surface area contributed by atoms with Gasteiger partial charge in [0.15, 0.2) is 0 Å². The summed E-state index contributed by atoms with van der Waals surface area (Å²) in [5.41, 5.74) is 3.62. The van der Waals surface area contributed by atoms with Crippen LogP contribution in [0.4, 0.5) is 10.1 Å². The van der Waals surface area contributed by atoms with Crippen molar-refractivity contribution in [3.8, 4) is 0 Å². The van der Waals surface area contributed by atoms with Crippen molar-refractivity contribution >= 4 is 29.1 Å². The van der Waals surface area contributed by atoms with E-state index in [1.807, 2.05) is 52.6 Å². The molecule has 34 heavy (non-hydrogen) atoms. The molecule has 1 N–H and O–H groups in total. The van der Waals surface area contributed by atoms with Crippen LogP contribution in [0.2, 0.25) is 5.02 Å². The third-order valence-electron chi connectivity index (χ3n) is 6.03. The normalized spacial score (nSPS) is 14.3. The molecule has 0 spiro atoms. The molecule has 3 aromatic rings. The molecule has 4 rings (SSSR count). The highest BCUT2D eigenvalue weighted by Crippen LogP contribution is 2.21. The Morgan fingerprint density at radius 1 is 1.03 bits per heavy atom. The molecule has 0 aliphatic carbocycles. The number of aryl methyl sites for hydroxylation is 1. The van der Waals surface area contributed by atoms with E-state index in [0.717, 1.165) is 11.3 Å². The molecule has 2 aromatic carbocycles. The molecule has 0 unspecified atom stereocenters. The van der Waals surface area contributed by atoms with Crippen LogP contribution >= 0.6 is 11.6 Å². The number of halogens is 2. The number of benzene rings is 2. The summed E-state index contributed by atoms with van der Waals surface area (Å²) in [6, 6.07) is 13.3. The summed E-state index contributed by atoms with van der Waals surface area (Å²) >= 11 is 6.29. The molecule has 9 heteroatoms. The van der Waals surface area contributed by atoms with E-state index >= 15 is 0 Å². The Hall–Kier alpha value is -3.23. The fourth-order valence-electron chi connectivity index (χ4n) is 4.15. The highest BCUT2D eigenvalue weighted by atomic mass is 35.5. The minimum absolute atomic E-state index is 0.0455. The zero-order valence-electron chi connectivity index (χ0n) is 19.2. The monoisotopic (exact) mass is 483 g/mol. The van der Waals surface area contributed by atoms with Crippen LogP contribution in [0.3, 0.4) is 0 Å². The van der Waals surface area contributed by atoms with Crippen molar-refractivity contribution in [2.24, 2.45) is 0 Å². The minimum atomic E-state index is -0.348. The lowest BCUT2D eigenvalue weighted by atomic mass is 10.1. The Morgan fingerprint density at radius 3 is 2.38 bits per heavy atom. The zero-order chi connectivity index (χ0) is 24.2. The maximum absolute atomic E-state index is 13.3. The number of piperazine rings is 1. The summed E-state index contributed by atoms with van der Waals surface area (Å²) in [6.07, 6.45) is 0. The van der Waals surface area contributed by atoms with Crippen molar-refractivity contribution in [1.29, 1.82) is 0 Å². The van der Waals surface area contributed by atoms with Crippen LogP contribution in [-0.2, 0) is 11.3 Å². The molecule has 1 saturated heterocycles. The number of hydrogen-bond acceptors (Lipinski definition) is 4. The number of carbonyl (C=O) groups is 2. The predicted octanol–water partition coefficient (Wildman–Crippen LogP) is 3.74. The lowest BCUT2D eigenvalue weighted by Crippen LogP contribution is -2.50. The van der Waals surface area contributed by atoms with E-state index in [1.165, 1.54) is 24.3 Å². The highest BCUT2D eigenvalue weighted by molar-refractivity contribution is 6.31. The highest BCUT2D eigenvalue weighted by Gasteiger charge is 2.27. The Bertz CT molecular complexity index is 1190. The fraction of sp³-hybridized carbons (Fsp3) is 0.320. The van der Waals surface area contributed by atoms with Crippen LogP contribution in [0.15, 0.2) is 48.5 Å². The van der Waals surface area contributed by atoms with Gasteiger partial charge in [-0.15, -0.1) is 0 Å². The molecule has 1 aromatic heterocycles. The van der Waals surface area contributed by atoms with Crippen LogP contribution in [-0.4, -0.2) is 64.1 Å². The van der Waals surface area contributed by atoms with Crippen LogP contribution in [0.5, 0.6) is 0 Å². The molecule has 0 bridgehead atoms. The standard InChI is InChI=1S/C25H27ClFN5O2/c1-17-24(18(2)32(29-17)15-19-5-3-4-6-22(19)26)25(34)31-13-11-30(12-14-31)16-23(33)28-21-9-7-20(27)8-10-21/h3-10H,11-16H2,1-2H3,(H,28,33). The van der Waals surface area contributed by atoms with Crippen LogP contribution in [0.1, 0.15) is 27.3 Å². The predicted molar refractivity (Wildman–Crippen MR) is 130 cm³/mol. The molecular weight excluding hydrogens is 457 g/mol. The SMILES string of the molecule is Cc1nn(Cc2ccccc2Cl)c(C)c1C(=O)N1CCN(CC(=O)Nc2ccc(F)cc2)CC1. The average molecular weight is 484 g/mol. The van der Waals surface area contributed by atoms with E-state index < -0.39 is 0 Å². The van der Waals surface area contributed by atoms with Gasteiger partial charge in [-0.25, -0.2) is 4.39 Å². The Kier molecular flexibility index (Phi) is 7.29. The van der Waals surface area contributed by atoms with Crippen molar-refractivity contribution in [1.82, 2.24) is 19.6 Å². The lowest BCUT2D eigenvalue weighted by molar-refractivity contribution is -0.117. The Balaban J connectivity index is 1.34. The smallest absolute Gasteiger partial charge is 0.257 e. The van der Waals surface area contributed by atoms with Crippen molar-refractivity contribution in [3.63, 3.8) is 0 Å². The number of nitrogens with zero attached hydrogens (tertiary/aromatic N) is 4. The van der Waals surface area contributed by atoms with Gasteiger partial charge in [0.1, 0.15) is 5.82 Å². The molecule has 2 heterocycles. The van der Waals surface area contributed by atoms with Gasteiger partial charge in [0.2, 0.25) is 5.91 Å². The molecule has 0 saturated carbocycles. The molecule has 7 nitrogen and oxygen atoms in total. The Labute approximate surface area is 203 Å². The zero-order valence-corrected chi connectivity index (χ0v) is 20.0. The average Bonchev–Trinajstić information content (AvgIpc) is 3.09. The molecule has 2 amide bonds. The number of carbonyl (C=O) groups excluding carboxylic acids is 2. The van der Waals surface area contributed by atoms with Crippen LogP contribution in [0.25, 0.3) is 0 Å². The first-order valence-corrected chi connectivity index (χ1v) is 11.5. The van der Waals surface area contributed by atoms with E-state index in [2.05, 4.69) is 10.4 Å². The maximum Gasteiger partial charge on any atom is 0.257 e. The maximum atomic E-state index is 13.3. The van der Waals surface area contributed by atoms with E-state index in [4.69, 9.17) is 11.6 Å². The van der Waals surface area contributed by atoms with Gasteiger partial charge in [-0.05, 0) is 49.7 Å². The van der Waals surface area contributed by atoms with E-state index in [-0.39, 0.29) is 24.2 Å². The molecule has 1 fully saturated rings. The van der Waals surface area contributed by atoms with Crippen LogP contribution in [0, 0.1) is 19.7 Å².